The van der Waals surface area contributed by atoms with Crippen LogP contribution < -0.4 is 5.56 Å². The number of amides is 1. The van der Waals surface area contributed by atoms with Crippen molar-refractivity contribution in [2.24, 2.45) is 7.05 Å². The first-order valence-electron chi connectivity index (χ1n) is 7.96. The Labute approximate surface area is 159 Å². The van der Waals surface area contributed by atoms with Gasteiger partial charge < -0.3 is 14.6 Å². The van der Waals surface area contributed by atoms with E-state index in [1.54, 1.807) is 19.3 Å². The number of nitrogens with zero attached hydrogens (tertiary/aromatic N) is 2. The largest absolute Gasteiger partial charge is 0.465 e. The van der Waals surface area contributed by atoms with Crippen LogP contribution in [0.1, 0.15) is 29.4 Å². The number of rotatable bonds is 2. The number of carboxylic acid groups (broad SMARTS) is 1. The minimum atomic E-state index is -0.930. The highest BCUT2D eigenvalue weighted by Crippen LogP contribution is 2.42. The molecule has 1 aliphatic rings. The molecule has 2 atom stereocenters. The minimum Gasteiger partial charge on any atom is -0.465 e. The highest BCUT2D eigenvalue weighted by Gasteiger charge is 2.34. The molecule has 2 unspecified atom stereocenters. The number of halogens is 2. The van der Waals surface area contributed by atoms with Gasteiger partial charge in [0.1, 0.15) is 0 Å². The molecular formula is C18H18BrClN2O3. The lowest BCUT2D eigenvalue weighted by Crippen LogP contribution is -2.41. The molecule has 1 aromatic heterocycles. The molecule has 0 radical (unpaired) electrons. The Hall–Kier alpha value is -1.79. The number of benzene rings is 1. The number of likely N-dealkylation sites (tertiary alicyclic amines) is 1. The number of hydrogen-bond donors (Lipinski definition) is 1. The van der Waals surface area contributed by atoms with Gasteiger partial charge in [-0.3, -0.25) is 4.79 Å². The third kappa shape index (κ3) is 3.75. The molecular weight excluding hydrogens is 408 g/mol. The molecule has 132 valence electrons. The topological polar surface area (TPSA) is 62.5 Å². The Morgan fingerprint density at radius 2 is 2.04 bits per heavy atom. The summed E-state index contributed by atoms with van der Waals surface area (Å²) in [7, 11) is 1.71. The predicted molar refractivity (Wildman–Crippen MR) is 101 cm³/mol. The lowest BCUT2D eigenvalue weighted by atomic mass is 9.77. The van der Waals surface area contributed by atoms with Gasteiger partial charge in [0.2, 0.25) is 0 Å². The van der Waals surface area contributed by atoms with E-state index < -0.39 is 6.09 Å². The smallest absolute Gasteiger partial charge is 0.407 e. The van der Waals surface area contributed by atoms with Gasteiger partial charge >= 0.3 is 6.09 Å². The van der Waals surface area contributed by atoms with Gasteiger partial charge in [-0.25, -0.2) is 4.79 Å². The van der Waals surface area contributed by atoms with E-state index in [1.807, 2.05) is 24.3 Å². The quantitative estimate of drug-likeness (QED) is 0.789. The zero-order chi connectivity index (χ0) is 18.1. The van der Waals surface area contributed by atoms with Gasteiger partial charge in [-0.1, -0.05) is 33.6 Å². The Morgan fingerprint density at radius 1 is 1.28 bits per heavy atom. The lowest BCUT2D eigenvalue weighted by Gasteiger charge is -2.38. The predicted octanol–water partition coefficient (Wildman–Crippen LogP) is 4.05. The Bertz CT molecular complexity index is 868. The van der Waals surface area contributed by atoms with E-state index in [-0.39, 0.29) is 17.4 Å². The van der Waals surface area contributed by atoms with Crippen LogP contribution in [0.4, 0.5) is 4.79 Å². The van der Waals surface area contributed by atoms with Crippen molar-refractivity contribution in [3.8, 4) is 0 Å². The summed E-state index contributed by atoms with van der Waals surface area (Å²) in [5.41, 5.74) is 1.76. The summed E-state index contributed by atoms with van der Waals surface area (Å²) < 4.78 is 2.40. The first-order valence-corrected chi connectivity index (χ1v) is 9.13. The molecule has 0 saturated carbocycles. The van der Waals surface area contributed by atoms with Crippen molar-refractivity contribution in [1.29, 1.82) is 0 Å². The fraction of sp³-hybridized carbons (Fsp3) is 0.333. The zero-order valence-corrected chi connectivity index (χ0v) is 16.0. The van der Waals surface area contributed by atoms with Crippen LogP contribution in [-0.4, -0.2) is 33.8 Å². The maximum Gasteiger partial charge on any atom is 0.407 e. The van der Waals surface area contributed by atoms with Gasteiger partial charge in [0.25, 0.3) is 5.56 Å². The minimum absolute atomic E-state index is 0.0446. The maximum absolute atomic E-state index is 12.0. The van der Waals surface area contributed by atoms with Gasteiger partial charge in [0.15, 0.2) is 0 Å². The molecule has 0 bridgehead atoms. The van der Waals surface area contributed by atoms with Crippen molar-refractivity contribution < 1.29 is 9.90 Å². The molecule has 2 heterocycles. The molecule has 3 rings (SSSR count). The molecule has 1 saturated heterocycles. The SMILES string of the molecule is Cn1ccc(C2CCN(C(=O)O)CC2c2ccc(Br)cc2Cl)cc1=O. The zero-order valence-electron chi connectivity index (χ0n) is 13.7. The summed E-state index contributed by atoms with van der Waals surface area (Å²) in [6.07, 6.45) is 1.47. The van der Waals surface area contributed by atoms with E-state index in [2.05, 4.69) is 15.9 Å². The van der Waals surface area contributed by atoms with Crippen molar-refractivity contribution in [3.63, 3.8) is 0 Å². The number of pyridine rings is 1. The molecule has 25 heavy (non-hydrogen) atoms. The molecule has 1 fully saturated rings. The Kier molecular flexibility index (Phi) is 5.20. The summed E-state index contributed by atoms with van der Waals surface area (Å²) in [6, 6.07) is 9.22. The average Bonchev–Trinajstić information content (AvgIpc) is 2.57. The number of piperidine rings is 1. The van der Waals surface area contributed by atoms with E-state index in [4.69, 9.17) is 11.6 Å². The highest BCUT2D eigenvalue weighted by atomic mass is 79.9. The van der Waals surface area contributed by atoms with E-state index in [0.29, 0.717) is 24.5 Å². The van der Waals surface area contributed by atoms with Crippen LogP contribution in [0.3, 0.4) is 0 Å². The van der Waals surface area contributed by atoms with E-state index in [9.17, 15) is 14.7 Å². The fourth-order valence-electron chi connectivity index (χ4n) is 3.44. The molecule has 1 aromatic carbocycles. The second-order valence-electron chi connectivity index (χ2n) is 6.31. The number of aryl methyl sites for hydroxylation is 1. The normalized spacial score (nSPS) is 20.5. The second kappa shape index (κ2) is 7.22. The van der Waals surface area contributed by atoms with Crippen molar-refractivity contribution in [2.75, 3.05) is 13.1 Å². The number of hydrogen-bond acceptors (Lipinski definition) is 2. The Morgan fingerprint density at radius 3 is 2.68 bits per heavy atom. The number of aromatic nitrogens is 1. The third-order valence-electron chi connectivity index (χ3n) is 4.80. The van der Waals surface area contributed by atoms with Crippen LogP contribution >= 0.6 is 27.5 Å². The van der Waals surface area contributed by atoms with E-state index >= 15 is 0 Å². The van der Waals surface area contributed by atoms with E-state index in [0.717, 1.165) is 15.6 Å². The third-order valence-corrected chi connectivity index (χ3v) is 5.62. The first kappa shape index (κ1) is 18.0. The standard InChI is InChI=1S/C18H18BrClN2O3/c1-21-6-4-11(8-17(21)23)13-5-7-22(18(24)25)10-15(13)14-3-2-12(19)9-16(14)20/h2-4,6,8-9,13,15H,5,7,10H2,1H3,(H,24,25). The molecule has 7 heteroatoms. The lowest BCUT2D eigenvalue weighted by molar-refractivity contribution is 0.125. The molecule has 1 amide bonds. The first-order chi connectivity index (χ1) is 11.9. The molecule has 0 spiro atoms. The Balaban J connectivity index is 2.04. The summed E-state index contributed by atoms with van der Waals surface area (Å²) in [4.78, 5) is 24.9. The number of carbonyl (C=O) groups is 1. The summed E-state index contributed by atoms with van der Waals surface area (Å²) in [6.45, 7) is 0.802. The van der Waals surface area contributed by atoms with Crippen molar-refractivity contribution in [1.82, 2.24) is 9.47 Å². The van der Waals surface area contributed by atoms with Crippen LogP contribution in [0.15, 0.2) is 45.8 Å². The van der Waals surface area contributed by atoms with Crippen molar-refractivity contribution in [3.05, 3.63) is 67.5 Å². The summed E-state index contributed by atoms with van der Waals surface area (Å²) in [5.74, 6) is -0.0549. The molecule has 2 aromatic rings. The molecule has 1 aliphatic heterocycles. The van der Waals surface area contributed by atoms with Crippen LogP contribution in [0, 0.1) is 0 Å². The van der Waals surface area contributed by atoms with Gasteiger partial charge in [-0.15, -0.1) is 0 Å². The monoisotopic (exact) mass is 424 g/mol. The van der Waals surface area contributed by atoms with Crippen LogP contribution in [-0.2, 0) is 7.05 Å². The maximum atomic E-state index is 12.0. The fourth-order valence-corrected chi connectivity index (χ4v) is 4.25. The van der Waals surface area contributed by atoms with Crippen molar-refractivity contribution in [2.45, 2.75) is 18.3 Å². The van der Waals surface area contributed by atoms with Crippen molar-refractivity contribution >= 4 is 33.6 Å². The van der Waals surface area contributed by atoms with Crippen LogP contribution in [0.25, 0.3) is 0 Å². The van der Waals surface area contributed by atoms with Gasteiger partial charge in [-0.2, -0.15) is 0 Å². The highest BCUT2D eigenvalue weighted by molar-refractivity contribution is 9.10. The van der Waals surface area contributed by atoms with Gasteiger partial charge in [0.05, 0.1) is 0 Å². The molecule has 0 aliphatic carbocycles. The van der Waals surface area contributed by atoms with Gasteiger partial charge in [0, 0.05) is 47.8 Å². The second-order valence-corrected chi connectivity index (χ2v) is 7.63. The summed E-state index contributed by atoms with van der Waals surface area (Å²) >= 11 is 9.84. The average molecular weight is 426 g/mol. The molecule has 1 N–H and O–H groups in total. The van der Waals surface area contributed by atoms with E-state index in [1.165, 1.54) is 9.47 Å². The summed E-state index contributed by atoms with van der Waals surface area (Å²) in [5, 5.41) is 9.98. The van der Waals surface area contributed by atoms with Crippen LogP contribution in [0.5, 0.6) is 0 Å². The molecule has 5 nitrogen and oxygen atoms in total. The van der Waals surface area contributed by atoms with Crippen LogP contribution in [0.2, 0.25) is 5.02 Å². The van der Waals surface area contributed by atoms with Gasteiger partial charge in [-0.05, 0) is 41.7 Å².